The standard InChI is InChI=1S/C27H29Br2N5O4/c1-16-10-22(26(36)38-27(3,4)5)17(2)33(16)13-19-14-34(31-30-19)20-9-7-8-18(11-20)25(35)32(6)15-21-12-23(28)24(29)37-21/h7-12,14H,13,15H2,1-6H3. The van der Waals surface area contributed by atoms with Crippen LogP contribution in [0.3, 0.4) is 0 Å². The minimum absolute atomic E-state index is 0.149. The summed E-state index contributed by atoms with van der Waals surface area (Å²) in [5, 5.41) is 8.59. The van der Waals surface area contributed by atoms with E-state index >= 15 is 0 Å². The molecule has 3 heterocycles. The van der Waals surface area contributed by atoms with Crippen molar-refractivity contribution < 1.29 is 18.7 Å². The van der Waals surface area contributed by atoms with Crippen LogP contribution in [0.1, 0.15) is 64.3 Å². The normalized spacial score (nSPS) is 11.6. The predicted octanol–water partition coefficient (Wildman–Crippen LogP) is 6.08. The van der Waals surface area contributed by atoms with E-state index in [0.29, 0.717) is 46.0 Å². The first-order chi connectivity index (χ1) is 17.8. The van der Waals surface area contributed by atoms with Gasteiger partial charge in [-0.3, -0.25) is 4.79 Å². The zero-order chi connectivity index (χ0) is 27.8. The molecular weight excluding hydrogens is 618 g/mol. The number of aryl methyl sites for hydroxylation is 1. The fourth-order valence-electron chi connectivity index (χ4n) is 4.02. The van der Waals surface area contributed by atoms with Gasteiger partial charge in [0.2, 0.25) is 0 Å². The van der Waals surface area contributed by atoms with Crippen LogP contribution in [0.2, 0.25) is 0 Å². The predicted molar refractivity (Wildman–Crippen MR) is 149 cm³/mol. The molecule has 3 aromatic heterocycles. The summed E-state index contributed by atoms with van der Waals surface area (Å²) in [6, 6.07) is 10.9. The van der Waals surface area contributed by atoms with Crippen LogP contribution in [-0.4, -0.2) is 49.0 Å². The molecule has 0 spiro atoms. The summed E-state index contributed by atoms with van der Waals surface area (Å²) < 4.78 is 16.2. The number of halogens is 2. The molecule has 200 valence electrons. The number of benzene rings is 1. The second kappa shape index (κ2) is 10.9. The van der Waals surface area contributed by atoms with Gasteiger partial charge in [0.15, 0.2) is 4.67 Å². The first-order valence-corrected chi connectivity index (χ1v) is 13.5. The Balaban J connectivity index is 1.49. The summed E-state index contributed by atoms with van der Waals surface area (Å²) in [4.78, 5) is 27.3. The van der Waals surface area contributed by atoms with Crippen molar-refractivity contribution in [3.63, 3.8) is 0 Å². The van der Waals surface area contributed by atoms with E-state index in [-0.39, 0.29) is 11.9 Å². The summed E-state index contributed by atoms with van der Waals surface area (Å²) in [5.74, 6) is 0.158. The zero-order valence-corrected chi connectivity index (χ0v) is 25.3. The topological polar surface area (TPSA) is 95.4 Å². The number of ether oxygens (including phenoxy) is 1. The van der Waals surface area contributed by atoms with E-state index in [1.165, 1.54) is 0 Å². The molecule has 0 aliphatic carbocycles. The van der Waals surface area contributed by atoms with Gasteiger partial charge in [-0.25, -0.2) is 9.48 Å². The molecule has 0 bridgehead atoms. The van der Waals surface area contributed by atoms with Crippen molar-refractivity contribution in [2.75, 3.05) is 7.05 Å². The van der Waals surface area contributed by atoms with Crippen LogP contribution in [0, 0.1) is 13.8 Å². The fraction of sp³-hybridized carbons (Fsp3) is 0.333. The Morgan fingerprint density at radius 3 is 2.53 bits per heavy atom. The molecule has 0 aliphatic heterocycles. The van der Waals surface area contributed by atoms with E-state index in [0.717, 1.165) is 15.9 Å². The Morgan fingerprint density at radius 1 is 1.13 bits per heavy atom. The number of esters is 1. The number of furan rings is 1. The summed E-state index contributed by atoms with van der Waals surface area (Å²) in [5.41, 5.74) is 3.63. The van der Waals surface area contributed by atoms with E-state index in [2.05, 4.69) is 42.2 Å². The Labute approximate surface area is 238 Å². The first-order valence-electron chi connectivity index (χ1n) is 11.9. The fourth-order valence-corrected chi connectivity index (χ4v) is 4.68. The molecule has 0 fully saturated rings. The minimum Gasteiger partial charge on any atom is -0.456 e. The van der Waals surface area contributed by atoms with Crippen molar-refractivity contribution in [2.45, 2.75) is 53.3 Å². The Kier molecular flexibility index (Phi) is 7.98. The van der Waals surface area contributed by atoms with Gasteiger partial charge in [-0.1, -0.05) is 11.3 Å². The van der Waals surface area contributed by atoms with Crippen molar-refractivity contribution in [1.82, 2.24) is 24.5 Å². The van der Waals surface area contributed by atoms with E-state index in [4.69, 9.17) is 9.15 Å². The lowest BCUT2D eigenvalue weighted by Crippen LogP contribution is -2.26. The van der Waals surface area contributed by atoms with Crippen LogP contribution in [-0.2, 0) is 17.8 Å². The van der Waals surface area contributed by atoms with Gasteiger partial charge in [-0.15, -0.1) is 5.10 Å². The Bertz CT molecular complexity index is 1480. The lowest BCUT2D eigenvalue weighted by Gasteiger charge is -2.19. The molecule has 38 heavy (non-hydrogen) atoms. The Morgan fingerprint density at radius 2 is 1.87 bits per heavy atom. The third kappa shape index (κ3) is 6.27. The molecule has 0 saturated carbocycles. The molecule has 0 saturated heterocycles. The summed E-state index contributed by atoms with van der Waals surface area (Å²) in [6.07, 6.45) is 1.82. The molecule has 4 rings (SSSR count). The van der Waals surface area contributed by atoms with Gasteiger partial charge in [0, 0.05) is 24.0 Å². The lowest BCUT2D eigenvalue weighted by atomic mass is 10.1. The molecule has 0 atom stereocenters. The molecular formula is C27H29Br2N5O4. The first kappa shape index (κ1) is 27.8. The number of hydrogen-bond acceptors (Lipinski definition) is 6. The molecule has 1 amide bonds. The van der Waals surface area contributed by atoms with Gasteiger partial charge in [-0.2, -0.15) is 0 Å². The molecule has 4 aromatic rings. The smallest absolute Gasteiger partial charge is 0.340 e. The average Bonchev–Trinajstić information content (AvgIpc) is 3.51. The molecule has 0 aliphatic rings. The average molecular weight is 647 g/mol. The van der Waals surface area contributed by atoms with Crippen molar-refractivity contribution >= 4 is 43.7 Å². The molecule has 9 nitrogen and oxygen atoms in total. The monoisotopic (exact) mass is 645 g/mol. The number of rotatable bonds is 7. The van der Waals surface area contributed by atoms with Crippen molar-refractivity contribution in [2.24, 2.45) is 0 Å². The number of amides is 1. The minimum atomic E-state index is -0.569. The highest BCUT2D eigenvalue weighted by atomic mass is 79.9. The second-order valence-corrected chi connectivity index (χ2v) is 11.6. The highest BCUT2D eigenvalue weighted by Gasteiger charge is 2.23. The van der Waals surface area contributed by atoms with Crippen LogP contribution in [0.25, 0.3) is 5.69 Å². The van der Waals surface area contributed by atoms with Crippen molar-refractivity contribution in [3.05, 3.63) is 85.7 Å². The van der Waals surface area contributed by atoms with E-state index < -0.39 is 5.60 Å². The van der Waals surface area contributed by atoms with Crippen LogP contribution in [0.5, 0.6) is 0 Å². The van der Waals surface area contributed by atoms with Crippen molar-refractivity contribution in [3.8, 4) is 5.69 Å². The van der Waals surface area contributed by atoms with Gasteiger partial charge >= 0.3 is 5.97 Å². The maximum Gasteiger partial charge on any atom is 0.340 e. The molecule has 11 heteroatoms. The molecule has 1 aromatic carbocycles. The van der Waals surface area contributed by atoms with Crippen LogP contribution in [0.4, 0.5) is 0 Å². The number of nitrogens with zero attached hydrogens (tertiary/aromatic N) is 5. The van der Waals surface area contributed by atoms with E-state index in [1.807, 2.05) is 69.6 Å². The van der Waals surface area contributed by atoms with E-state index in [9.17, 15) is 9.59 Å². The van der Waals surface area contributed by atoms with Crippen LogP contribution < -0.4 is 0 Å². The SMILES string of the molecule is Cc1cc(C(=O)OC(C)(C)C)c(C)n1Cc1cn(-c2cccc(C(=O)N(C)Cc3cc(Br)c(Br)o3)c2)nn1. The quantitative estimate of drug-likeness (QED) is 0.226. The third-order valence-electron chi connectivity index (χ3n) is 5.85. The summed E-state index contributed by atoms with van der Waals surface area (Å²) >= 11 is 6.71. The second-order valence-electron chi connectivity index (χ2n) is 10.1. The lowest BCUT2D eigenvalue weighted by molar-refractivity contribution is 0.00685. The van der Waals surface area contributed by atoms with Crippen LogP contribution in [0.15, 0.2) is 56.2 Å². The zero-order valence-electron chi connectivity index (χ0n) is 22.1. The maximum atomic E-state index is 13.1. The van der Waals surface area contributed by atoms with Crippen molar-refractivity contribution in [1.29, 1.82) is 0 Å². The number of carbonyl (C=O) groups is 2. The molecule has 0 radical (unpaired) electrons. The van der Waals surface area contributed by atoms with Gasteiger partial charge in [0.05, 0.1) is 35.0 Å². The van der Waals surface area contributed by atoms with Gasteiger partial charge < -0.3 is 18.6 Å². The number of hydrogen-bond donors (Lipinski definition) is 0. The molecule has 0 unspecified atom stereocenters. The van der Waals surface area contributed by atoms with Gasteiger partial charge in [0.1, 0.15) is 17.1 Å². The summed E-state index contributed by atoms with van der Waals surface area (Å²) in [7, 11) is 1.72. The highest BCUT2D eigenvalue weighted by molar-refractivity contribution is 9.13. The van der Waals surface area contributed by atoms with Gasteiger partial charge in [-0.05, 0) is 96.8 Å². The highest BCUT2D eigenvalue weighted by Crippen LogP contribution is 2.27. The number of aromatic nitrogens is 4. The molecule has 0 N–H and O–H groups in total. The summed E-state index contributed by atoms with van der Waals surface area (Å²) in [6.45, 7) is 10.1. The van der Waals surface area contributed by atoms with Gasteiger partial charge in [0.25, 0.3) is 5.91 Å². The van der Waals surface area contributed by atoms with Crippen LogP contribution >= 0.6 is 31.9 Å². The largest absolute Gasteiger partial charge is 0.456 e. The van der Waals surface area contributed by atoms with E-state index in [1.54, 1.807) is 28.8 Å². The third-order valence-corrected chi connectivity index (χ3v) is 7.56. The Hall–Kier alpha value is -3.18. The number of carbonyl (C=O) groups excluding carboxylic acids is 2. The maximum absolute atomic E-state index is 13.1.